The number of pyridine rings is 1. The molecule has 1 aromatic heterocycles. The van der Waals surface area contributed by atoms with E-state index < -0.39 is 11.9 Å². The molecule has 146 valence electrons. The Bertz CT molecular complexity index is 875. The number of likely N-dealkylation sites (tertiary alicyclic amines) is 1. The molecule has 7 nitrogen and oxygen atoms in total. The van der Waals surface area contributed by atoms with Crippen molar-refractivity contribution in [2.24, 2.45) is 0 Å². The summed E-state index contributed by atoms with van der Waals surface area (Å²) in [6.45, 7) is 3.38. The van der Waals surface area contributed by atoms with Crippen LogP contribution in [0.5, 0.6) is 0 Å². The van der Waals surface area contributed by atoms with Gasteiger partial charge in [0.1, 0.15) is 11.4 Å². The molecule has 0 bridgehead atoms. The zero-order valence-corrected chi connectivity index (χ0v) is 15.8. The lowest BCUT2D eigenvalue weighted by Crippen LogP contribution is -2.36. The first-order chi connectivity index (χ1) is 13.6. The van der Waals surface area contributed by atoms with Gasteiger partial charge in [0.25, 0.3) is 11.8 Å². The quantitative estimate of drug-likeness (QED) is 0.804. The molecule has 0 atom stereocenters. The van der Waals surface area contributed by atoms with Crippen molar-refractivity contribution in [3.05, 3.63) is 59.4 Å². The van der Waals surface area contributed by atoms with Crippen LogP contribution in [0.4, 0.5) is 5.69 Å². The average molecular weight is 381 g/mol. The Kier molecular flexibility index (Phi) is 6.37. The number of aromatic nitrogens is 1. The Morgan fingerprint density at radius 3 is 2.46 bits per heavy atom. The zero-order valence-electron chi connectivity index (χ0n) is 15.8. The average Bonchev–Trinajstić information content (AvgIpc) is 2.74. The van der Waals surface area contributed by atoms with Crippen LogP contribution in [0.3, 0.4) is 0 Å². The molecule has 1 aliphatic heterocycles. The molecular formula is C21H23N3O4. The minimum atomic E-state index is -0.514. The van der Waals surface area contributed by atoms with Gasteiger partial charge in [0.2, 0.25) is 0 Å². The minimum Gasteiger partial charge on any atom is -0.462 e. The van der Waals surface area contributed by atoms with E-state index in [0.717, 1.165) is 19.3 Å². The molecule has 0 aliphatic carbocycles. The topological polar surface area (TPSA) is 88.6 Å². The van der Waals surface area contributed by atoms with Crippen molar-refractivity contribution in [3.8, 4) is 0 Å². The highest BCUT2D eigenvalue weighted by Crippen LogP contribution is 2.18. The lowest BCUT2D eigenvalue weighted by Gasteiger charge is -2.26. The fourth-order valence-electron chi connectivity index (χ4n) is 3.10. The number of esters is 1. The summed E-state index contributed by atoms with van der Waals surface area (Å²) >= 11 is 0. The number of hydrogen-bond acceptors (Lipinski definition) is 5. The Morgan fingerprint density at radius 1 is 1.00 bits per heavy atom. The number of benzene rings is 1. The number of rotatable bonds is 5. The largest absolute Gasteiger partial charge is 0.462 e. The molecule has 1 aliphatic rings. The van der Waals surface area contributed by atoms with Crippen LogP contribution in [0.2, 0.25) is 0 Å². The molecule has 0 unspecified atom stereocenters. The number of para-hydroxylation sites is 1. The van der Waals surface area contributed by atoms with Crippen molar-refractivity contribution in [3.63, 3.8) is 0 Å². The number of nitrogens with zero attached hydrogens (tertiary/aromatic N) is 2. The third kappa shape index (κ3) is 4.54. The Labute approximate surface area is 163 Å². The van der Waals surface area contributed by atoms with Gasteiger partial charge in [0.15, 0.2) is 0 Å². The van der Waals surface area contributed by atoms with Crippen LogP contribution >= 0.6 is 0 Å². The fraction of sp³-hybridized carbons (Fsp3) is 0.333. The van der Waals surface area contributed by atoms with Crippen molar-refractivity contribution in [2.45, 2.75) is 26.2 Å². The van der Waals surface area contributed by atoms with E-state index in [-0.39, 0.29) is 29.5 Å². The van der Waals surface area contributed by atoms with E-state index >= 15 is 0 Å². The van der Waals surface area contributed by atoms with Gasteiger partial charge in [-0.15, -0.1) is 0 Å². The molecule has 1 N–H and O–H groups in total. The van der Waals surface area contributed by atoms with E-state index in [1.807, 2.05) is 0 Å². The van der Waals surface area contributed by atoms with Gasteiger partial charge in [-0.2, -0.15) is 0 Å². The first-order valence-corrected chi connectivity index (χ1v) is 9.44. The summed E-state index contributed by atoms with van der Waals surface area (Å²) in [6, 6.07) is 11.4. The molecule has 0 radical (unpaired) electrons. The summed E-state index contributed by atoms with van der Waals surface area (Å²) in [5.74, 6) is -1.17. The maximum Gasteiger partial charge on any atom is 0.340 e. The highest BCUT2D eigenvalue weighted by atomic mass is 16.5. The van der Waals surface area contributed by atoms with E-state index in [4.69, 9.17) is 4.74 Å². The number of nitrogens with one attached hydrogen (secondary N) is 1. The maximum atomic E-state index is 12.6. The van der Waals surface area contributed by atoms with Gasteiger partial charge in [-0.3, -0.25) is 9.59 Å². The van der Waals surface area contributed by atoms with Crippen LogP contribution < -0.4 is 5.32 Å². The monoisotopic (exact) mass is 381 g/mol. The molecule has 1 saturated heterocycles. The van der Waals surface area contributed by atoms with Gasteiger partial charge in [0.05, 0.1) is 17.9 Å². The number of piperidine rings is 1. The third-order valence-electron chi connectivity index (χ3n) is 4.51. The van der Waals surface area contributed by atoms with Crippen molar-refractivity contribution in [1.29, 1.82) is 0 Å². The molecule has 7 heteroatoms. The number of hydrogen-bond donors (Lipinski definition) is 1. The van der Waals surface area contributed by atoms with Crippen molar-refractivity contribution in [2.75, 3.05) is 25.0 Å². The summed E-state index contributed by atoms with van der Waals surface area (Å²) in [5.41, 5.74) is 0.952. The van der Waals surface area contributed by atoms with Crippen molar-refractivity contribution >= 4 is 23.5 Å². The molecule has 3 rings (SSSR count). The predicted octanol–water partition coefficient (Wildman–Crippen LogP) is 3.14. The Morgan fingerprint density at radius 2 is 1.71 bits per heavy atom. The normalized spacial score (nSPS) is 13.7. The molecule has 1 aromatic carbocycles. The van der Waals surface area contributed by atoms with Gasteiger partial charge >= 0.3 is 5.97 Å². The van der Waals surface area contributed by atoms with Crippen molar-refractivity contribution < 1.29 is 19.1 Å². The van der Waals surface area contributed by atoms with Crippen molar-refractivity contribution in [1.82, 2.24) is 9.88 Å². The Balaban J connectivity index is 1.77. The zero-order chi connectivity index (χ0) is 19.9. The van der Waals surface area contributed by atoms with E-state index in [1.165, 1.54) is 6.07 Å². The number of carbonyl (C=O) groups excluding carboxylic acids is 3. The summed E-state index contributed by atoms with van der Waals surface area (Å²) in [7, 11) is 0. The van der Waals surface area contributed by atoms with E-state index in [0.29, 0.717) is 18.8 Å². The third-order valence-corrected chi connectivity index (χ3v) is 4.51. The predicted molar refractivity (Wildman–Crippen MR) is 104 cm³/mol. The maximum absolute atomic E-state index is 12.6. The first kappa shape index (κ1) is 19.5. The van der Waals surface area contributed by atoms with Crippen LogP contribution in [-0.2, 0) is 4.74 Å². The van der Waals surface area contributed by atoms with E-state index in [2.05, 4.69) is 10.3 Å². The fourth-order valence-corrected chi connectivity index (χ4v) is 3.10. The first-order valence-electron chi connectivity index (χ1n) is 9.44. The van der Waals surface area contributed by atoms with Crippen LogP contribution in [0.25, 0.3) is 0 Å². The lowest BCUT2D eigenvalue weighted by atomic mass is 10.1. The molecule has 2 aromatic rings. The number of carbonyl (C=O) groups is 3. The van der Waals surface area contributed by atoms with Gasteiger partial charge in [-0.1, -0.05) is 18.2 Å². The van der Waals surface area contributed by atoms with Gasteiger partial charge in [-0.05, 0) is 50.5 Å². The van der Waals surface area contributed by atoms with Crippen LogP contribution in [0.15, 0.2) is 42.5 Å². The van der Waals surface area contributed by atoms with Gasteiger partial charge < -0.3 is 15.0 Å². The number of anilines is 1. The molecule has 0 spiro atoms. The van der Waals surface area contributed by atoms with Gasteiger partial charge in [0, 0.05) is 13.1 Å². The summed E-state index contributed by atoms with van der Waals surface area (Å²) in [6.07, 6.45) is 3.09. The molecule has 2 heterocycles. The highest BCUT2D eigenvalue weighted by molar-refractivity contribution is 6.07. The van der Waals surface area contributed by atoms with Crippen LogP contribution in [0.1, 0.15) is 57.5 Å². The lowest BCUT2D eigenvalue weighted by molar-refractivity contribution is 0.0527. The highest BCUT2D eigenvalue weighted by Gasteiger charge is 2.21. The van der Waals surface area contributed by atoms with E-state index in [1.54, 1.807) is 48.2 Å². The molecular weight excluding hydrogens is 358 g/mol. The SMILES string of the molecule is CCOC(=O)c1ccccc1NC(=O)c1cccc(C(=O)N2CCCCC2)n1. The molecule has 2 amide bonds. The standard InChI is InChI=1S/C21H23N3O4/c1-2-28-21(27)15-9-4-5-10-16(15)23-19(25)17-11-8-12-18(22-17)20(26)24-13-6-3-7-14-24/h4-5,8-12H,2-3,6-7,13-14H2,1H3,(H,23,25). The second-order valence-electron chi connectivity index (χ2n) is 6.48. The minimum absolute atomic E-state index is 0.113. The van der Waals surface area contributed by atoms with Gasteiger partial charge in [-0.25, -0.2) is 9.78 Å². The second kappa shape index (κ2) is 9.12. The smallest absolute Gasteiger partial charge is 0.340 e. The molecule has 0 saturated carbocycles. The van der Waals surface area contributed by atoms with Crippen LogP contribution in [-0.4, -0.2) is 47.4 Å². The summed E-state index contributed by atoms with van der Waals surface area (Å²) < 4.78 is 5.02. The molecule has 28 heavy (non-hydrogen) atoms. The van der Waals surface area contributed by atoms with Crippen LogP contribution in [0, 0.1) is 0 Å². The second-order valence-corrected chi connectivity index (χ2v) is 6.48. The summed E-state index contributed by atoms with van der Waals surface area (Å²) in [5, 5.41) is 2.68. The number of amides is 2. The summed E-state index contributed by atoms with van der Waals surface area (Å²) in [4.78, 5) is 43.3. The van der Waals surface area contributed by atoms with E-state index in [9.17, 15) is 14.4 Å². The Hall–Kier alpha value is -3.22. The number of ether oxygens (including phenoxy) is 1. The molecule has 1 fully saturated rings.